The molecule has 2 aromatic heterocycles. The molecule has 0 unspecified atom stereocenters. The first kappa shape index (κ1) is 20.8. The van der Waals surface area contributed by atoms with Crippen LogP contribution in [0.15, 0.2) is 65.5 Å². The number of pyridine rings is 1. The van der Waals surface area contributed by atoms with Gasteiger partial charge in [-0.15, -0.1) is 0 Å². The van der Waals surface area contributed by atoms with Crippen molar-refractivity contribution in [3.63, 3.8) is 0 Å². The molecular formula is C25H27N3O3. The van der Waals surface area contributed by atoms with Crippen LogP contribution in [0.4, 0.5) is 5.69 Å². The Bertz CT molecular complexity index is 1040. The van der Waals surface area contributed by atoms with Crippen molar-refractivity contribution in [3.05, 3.63) is 83.6 Å². The normalized spacial score (nSPS) is 14.9. The molecule has 0 bridgehead atoms. The van der Waals surface area contributed by atoms with E-state index in [0.29, 0.717) is 11.3 Å². The number of nitrogens with one attached hydrogen (secondary N) is 1. The summed E-state index contributed by atoms with van der Waals surface area (Å²) in [6.45, 7) is 4.01. The second-order valence-corrected chi connectivity index (χ2v) is 8.10. The third kappa shape index (κ3) is 4.53. The maximum atomic E-state index is 13.6. The van der Waals surface area contributed by atoms with Crippen molar-refractivity contribution < 1.29 is 14.0 Å². The molecule has 4 rings (SSSR count). The minimum absolute atomic E-state index is 0.131. The van der Waals surface area contributed by atoms with Crippen LogP contribution in [0.5, 0.6) is 0 Å². The predicted molar refractivity (Wildman–Crippen MR) is 119 cm³/mol. The highest BCUT2D eigenvalue weighted by Gasteiger charge is 2.36. The van der Waals surface area contributed by atoms with Gasteiger partial charge in [-0.2, -0.15) is 0 Å². The van der Waals surface area contributed by atoms with Gasteiger partial charge < -0.3 is 9.73 Å². The molecular weight excluding hydrogens is 390 g/mol. The van der Waals surface area contributed by atoms with E-state index < -0.39 is 6.04 Å². The fourth-order valence-corrected chi connectivity index (χ4v) is 4.08. The van der Waals surface area contributed by atoms with E-state index in [-0.39, 0.29) is 23.6 Å². The monoisotopic (exact) mass is 417 g/mol. The molecule has 3 aromatic rings. The number of carbonyl (C=O) groups is 2. The van der Waals surface area contributed by atoms with Crippen molar-refractivity contribution in [2.75, 3.05) is 4.90 Å². The summed E-state index contributed by atoms with van der Waals surface area (Å²) >= 11 is 0. The molecule has 1 aliphatic carbocycles. The number of anilines is 1. The summed E-state index contributed by atoms with van der Waals surface area (Å²) in [7, 11) is 0. The van der Waals surface area contributed by atoms with E-state index in [0.717, 1.165) is 36.8 Å². The highest BCUT2D eigenvalue weighted by molar-refractivity contribution is 6.08. The molecule has 6 nitrogen and oxygen atoms in total. The number of amides is 2. The van der Waals surface area contributed by atoms with Gasteiger partial charge in [0, 0.05) is 29.7 Å². The van der Waals surface area contributed by atoms with Crippen molar-refractivity contribution in [3.8, 4) is 0 Å². The van der Waals surface area contributed by atoms with E-state index in [4.69, 9.17) is 4.42 Å². The highest BCUT2D eigenvalue weighted by Crippen LogP contribution is 2.31. The number of hydrogen-bond acceptors (Lipinski definition) is 4. The second-order valence-electron chi connectivity index (χ2n) is 8.10. The Labute approximate surface area is 182 Å². The third-order valence-electron chi connectivity index (χ3n) is 5.93. The molecule has 6 heteroatoms. The van der Waals surface area contributed by atoms with Gasteiger partial charge in [-0.1, -0.05) is 25.0 Å². The van der Waals surface area contributed by atoms with E-state index in [1.165, 1.54) is 11.2 Å². The van der Waals surface area contributed by atoms with Gasteiger partial charge in [0.25, 0.3) is 5.91 Å². The second kappa shape index (κ2) is 9.16. The Morgan fingerprint density at radius 3 is 2.55 bits per heavy atom. The number of aryl methyl sites for hydroxylation is 2. The first-order chi connectivity index (χ1) is 15.0. The molecule has 2 amide bonds. The summed E-state index contributed by atoms with van der Waals surface area (Å²) in [5.74, 6) is -0.400. The smallest absolute Gasteiger partial charge is 0.294 e. The Hall–Kier alpha value is -3.41. The van der Waals surface area contributed by atoms with Gasteiger partial charge in [0.1, 0.15) is 6.04 Å². The lowest BCUT2D eigenvalue weighted by Gasteiger charge is -2.32. The molecule has 1 saturated carbocycles. The Morgan fingerprint density at radius 2 is 1.90 bits per heavy atom. The fourth-order valence-electron chi connectivity index (χ4n) is 4.08. The Morgan fingerprint density at radius 1 is 1.10 bits per heavy atom. The lowest BCUT2D eigenvalue weighted by atomic mass is 10.0. The van der Waals surface area contributed by atoms with Crippen LogP contribution < -0.4 is 10.2 Å². The highest BCUT2D eigenvalue weighted by atomic mass is 16.3. The van der Waals surface area contributed by atoms with Gasteiger partial charge in [-0.3, -0.25) is 19.5 Å². The molecule has 0 aliphatic heterocycles. The van der Waals surface area contributed by atoms with Gasteiger partial charge in [0.15, 0.2) is 5.76 Å². The zero-order valence-corrected chi connectivity index (χ0v) is 17.9. The quantitative estimate of drug-likeness (QED) is 0.629. The molecule has 1 N–H and O–H groups in total. The van der Waals surface area contributed by atoms with Gasteiger partial charge >= 0.3 is 0 Å². The van der Waals surface area contributed by atoms with Crippen LogP contribution in [0.1, 0.15) is 59.0 Å². The minimum Gasteiger partial charge on any atom is -0.459 e. The number of nitrogens with zero attached hydrogens (tertiary/aromatic N) is 2. The number of benzene rings is 1. The zero-order chi connectivity index (χ0) is 21.8. The van der Waals surface area contributed by atoms with Crippen LogP contribution in [-0.2, 0) is 4.79 Å². The number of hydrogen-bond donors (Lipinski definition) is 1. The van der Waals surface area contributed by atoms with E-state index in [2.05, 4.69) is 10.3 Å². The number of rotatable bonds is 6. The van der Waals surface area contributed by atoms with E-state index >= 15 is 0 Å². The van der Waals surface area contributed by atoms with E-state index in [1.807, 2.05) is 38.1 Å². The van der Waals surface area contributed by atoms with Crippen molar-refractivity contribution in [1.82, 2.24) is 10.3 Å². The molecule has 1 atom stereocenters. The molecule has 1 aromatic carbocycles. The molecule has 1 aliphatic rings. The fraction of sp³-hybridized carbons (Fsp3) is 0.320. The van der Waals surface area contributed by atoms with Gasteiger partial charge in [0.05, 0.1) is 6.26 Å². The van der Waals surface area contributed by atoms with Gasteiger partial charge in [-0.25, -0.2) is 0 Å². The van der Waals surface area contributed by atoms with Crippen molar-refractivity contribution in [2.45, 2.75) is 51.6 Å². The number of aromatic nitrogens is 1. The molecule has 0 saturated heterocycles. The van der Waals surface area contributed by atoms with E-state index in [1.54, 1.807) is 30.6 Å². The van der Waals surface area contributed by atoms with Crippen molar-refractivity contribution >= 4 is 17.5 Å². The number of furan rings is 1. The SMILES string of the molecule is Cc1ccc(N(C(=O)c2ccco2)[C@H](C(=O)NC2CCCC2)c2cccnc2)cc1C. The molecule has 0 radical (unpaired) electrons. The standard InChI is InChI=1S/C25H27N3O3/c1-17-11-12-21(15-18(17)2)28(25(30)22-10-6-14-31-22)23(19-7-5-13-26-16-19)24(29)27-20-8-3-4-9-20/h5-7,10-16,20,23H,3-4,8-9H2,1-2H3,(H,27,29)/t23-/m0/s1. The van der Waals surface area contributed by atoms with Crippen LogP contribution >= 0.6 is 0 Å². The third-order valence-corrected chi connectivity index (χ3v) is 5.93. The minimum atomic E-state index is -0.867. The lowest BCUT2D eigenvalue weighted by molar-refractivity contribution is -0.123. The van der Waals surface area contributed by atoms with Crippen LogP contribution in [0.2, 0.25) is 0 Å². The maximum absolute atomic E-state index is 13.6. The van der Waals surface area contributed by atoms with E-state index in [9.17, 15) is 9.59 Å². The Balaban J connectivity index is 1.81. The van der Waals surface area contributed by atoms with Gasteiger partial charge in [0.2, 0.25) is 5.91 Å². The van der Waals surface area contributed by atoms with Crippen molar-refractivity contribution in [2.24, 2.45) is 0 Å². The van der Waals surface area contributed by atoms with Crippen LogP contribution in [0.3, 0.4) is 0 Å². The zero-order valence-electron chi connectivity index (χ0n) is 17.9. The Kier molecular flexibility index (Phi) is 6.16. The lowest BCUT2D eigenvalue weighted by Crippen LogP contribution is -2.46. The van der Waals surface area contributed by atoms with Gasteiger partial charge in [-0.05, 0) is 68.1 Å². The summed E-state index contributed by atoms with van der Waals surface area (Å²) in [5, 5.41) is 3.16. The van der Waals surface area contributed by atoms with Crippen molar-refractivity contribution in [1.29, 1.82) is 0 Å². The molecule has 160 valence electrons. The average Bonchev–Trinajstić information content (AvgIpc) is 3.48. The first-order valence-corrected chi connectivity index (χ1v) is 10.7. The van der Waals surface area contributed by atoms with Crippen LogP contribution in [0.25, 0.3) is 0 Å². The summed E-state index contributed by atoms with van der Waals surface area (Å²) in [6, 6.07) is 11.9. The topological polar surface area (TPSA) is 75.4 Å². The maximum Gasteiger partial charge on any atom is 0.294 e. The summed E-state index contributed by atoms with van der Waals surface area (Å²) in [6.07, 6.45) is 8.89. The van der Waals surface area contributed by atoms with Crippen LogP contribution in [-0.4, -0.2) is 22.8 Å². The first-order valence-electron chi connectivity index (χ1n) is 10.7. The molecule has 31 heavy (non-hydrogen) atoms. The summed E-state index contributed by atoms with van der Waals surface area (Å²) < 4.78 is 5.41. The molecule has 2 heterocycles. The molecule has 1 fully saturated rings. The average molecular weight is 418 g/mol. The predicted octanol–water partition coefficient (Wildman–Crippen LogP) is 4.74. The summed E-state index contributed by atoms with van der Waals surface area (Å²) in [4.78, 5) is 32.9. The molecule has 0 spiro atoms. The number of carbonyl (C=O) groups excluding carboxylic acids is 2. The van der Waals surface area contributed by atoms with Crippen LogP contribution in [0, 0.1) is 13.8 Å². The largest absolute Gasteiger partial charge is 0.459 e. The summed E-state index contributed by atoms with van der Waals surface area (Å²) in [5.41, 5.74) is 3.44.